The summed E-state index contributed by atoms with van der Waals surface area (Å²) in [7, 11) is -2.04. The van der Waals surface area contributed by atoms with Crippen LogP contribution in [-0.2, 0) is 14.3 Å². The van der Waals surface area contributed by atoms with Gasteiger partial charge >= 0.3 is 12.1 Å². The summed E-state index contributed by atoms with van der Waals surface area (Å²) < 4.78 is 17.6. The lowest BCUT2D eigenvalue weighted by Gasteiger charge is -2.37. The van der Waals surface area contributed by atoms with E-state index in [0.29, 0.717) is 15.9 Å². The average molecular weight is 501 g/mol. The van der Waals surface area contributed by atoms with Gasteiger partial charge in [-0.05, 0) is 73.0 Å². The molecule has 0 unspecified atom stereocenters. The van der Waals surface area contributed by atoms with Crippen molar-refractivity contribution >= 4 is 42.0 Å². The molecule has 168 valence electrons. The monoisotopic (exact) mass is 499 g/mol. The number of anilines is 1. The summed E-state index contributed by atoms with van der Waals surface area (Å²) in [5, 5.41) is 0.0442. The highest BCUT2D eigenvalue weighted by Crippen LogP contribution is 2.40. The van der Waals surface area contributed by atoms with E-state index < -0.39 is 26.0 Å². The molecule has 0 saturated heterocycles. The van der Waals surface area contributed by atoms with Crippen molar-refractivity contribution in [1.29, 1.82) is 0 Å². The van der Waals surface area contributed by atoms with Gasteiger partial charge in [0.1, 0.15) is 24.5 Å². The van der Waals surface area contributed by atoms with Crippen molar-refractivity contribution in [2.75, 3.05) is 18.1 Å². The Bertz CT molecular complexity index is 781. The Morgan fingerprint density at radius 1 is 1.17 bits per heavy atom. The Morgan fingerprint density at radius 3 is 2.23 bits per heavy atom. The molecule has 0 aliphatic carbocycles. The zero-order valence-corrected chi connectivity index (χ0v) is 21.9. The molecule has 30 heavy (non-hydrogen) atoms. The lowest BCUT2D eigenvalue weighted by atomic mass is 10.2. The number of carbonyl (C=O) groups is 2. The van der Waals surface area contributed by atoms with Gasteiger partial charge in [-0.25, -0.2) is 4.79 Å². The number of ether oxygens (including phenoxy) is 2. The summed E-state index contributed by atoms with van der Waals surface area (Å²) in [4.78, 5) is 26.2. The molecule has 0 N–H and O–H groups in total. The van der Waals surface area contributed by atoms with E-state index in [-0.39, 0.29) is 18.2 Å². The lowest BCUT2D eigenvalue weighted by molar-refractivity contribution is -0.140. The fourth-order valence-electron chi connectivity index (χ4n) is 2.07. The Kier molecular flexibility index (Phi) is 8.75. The predicted octanol–water partition coefficient (Wildman–Crippen LogP) is 6.30. The molecule has 0 fully saturated rings. The molecule has 1 amide bonds. The second-order valence-electron chi connectivity index (χ2n) is 9.52. The topological polar surface area (TPSA) is 65.1 Å². The molecular formula is C22H34BrNO5Si. The van der Waals surface area contributed by atoms with Crippen LogP contribution < -0.4 is 9.33 Å². The predicted molar refractivity (Wildman–Crippen MR) is 127 cm³/mol. The van der Waals surface area contributed by atoms with Crippen LogP contribution in [0.2, 0.25) is 18.1 Å². The summed E-state index contributed by atoms with van der Waals surface area (Å²) in [6.45, 7) is 19.4. The van der Waals surface area contributed by atoms with E-state index >= 15 is 0 Å². The molecular weight excluding hydrogens is 466 g/mol. The summed E-state index contributed by atoms with van der Waals surface area (Å²) >= 11 is 3.54. The standard InChI is InChI=1S/C22H34BrNO5Si/c1-10-13-27-19(25)15-24(20(26)28-21(2,3)4)16-11-12-18(17(23)14-16)29-30(8,9)22(5,6)7/h10-12,14H,1,13,15H2,2-9H3. The second kappa shape index (κ2) is 10.0. The van der Waals surface area contributed by atoms with Crippen molar-refractivity contribution in [1.82, 2.24) is 0 Å². The minimum Gasteiger partial charge on any atom is -0.543 e. The summed E-state index contributed by atoms with van der Waals surface area (Å²) in [5.74, 6) is 0.141. The van der Waals surface area contributed by atoms with Crippen molar-refractivity contribution < 1.29 is 23.5 Å². The molecule has 0 atom stereocenters. The average Bonchev–Trinajstić information content (AvgIpc) is 2.57. The first kappa shape index (κ1) is 26.2. The number of amides is 1. The third-order valence-corrected chi connectivity index (χ3v) is 9.62. The first-order valence-corrected chi connectivity index (χ1v) is 13.5. The van der Waals surface area contributed by atoms with Crippen molar-refractivity contribution in [3.05, 3.63) is 35.3 Å². The van der Waals surface area contributed by atoms with E-state index in [4.69, 9.17) is 13.9 Å². The van der Waals surface area contributed by atoms with E-state index in [1.807, 2.05) is 0 Å². The first-order valence-electron chi connectivity index (χ1n) is 9.83. The fourth-order valence-corrected chi connectivity index (χ4v) is 3.70. The SMILES string of the molecule is C=CCOC(=O)CN(C(=O)OC(C)(C)C)c1ccc(O[Si](C)(C)C(C)(C)C)c(Br)c1. The number of hydrogen-bond donors (Lipinski definition) is 0. The number of rotatable bonds is 7. The molecule has 0 aromatic heterocycles. The molecule has 0 aliphatic heterocycles. The molecule has 0 aliphatic rings. The van der Waals surface area contributed by atoms with Crippen molar-refractivity contribution in [3.8, 4) is 5.75 Å². The van der Waals surface area contributed by atoms with Gasteiger partial charge in [0.05, 0.1) is 4.47 Å². The van der Waals surface area contributed by atoms with Gasteiger partial charge in [-0.2, -0.15) is 0 Å². The molecule has 1 aromatic carbocycles. The molecule has 0 bridgehead atoms. The van der Waals surface area contributed by atoms with Crippen molar-refractivity contribution in [3.63, 3.8) is 0 Å². The fraction of sp³-hybridized carbons (Fsp3) is 0.545. The normalized spacial score (nSPS) is 12.2. The molecule has 0 radical (unpaired) electrons. The van der Waals surface area contributed by atoms with Gasteiger partial charge in [0.25, 0.3) is 8.32 Å². The summed E-state index contributed by atoms with van der Waals surface area (Å²) in [6, 6.07) is 5.28. The molecule has 1 aromatic rings. The van der Waals surface area contributed by atoms with E-state index in [2.05, 4.69) is 56.4 Å². The van der Waals surface area contributed by atoms with Gasteiger partial charge in [0.2, 0.25) is 0 Å². The van der Waals surface area contributed by atoms with Crippen LogP contribution >= 0.6 is 15.9 Å². The van der Waals surface area contributed by atoms with Gasteiger partial charge in [-0.1, -0.05) is 33.4 Å². The third kappa shape index (κ3) is 7.79. The zero-order chi connectivity index (χ0) is 23.3. The number of nitrogens with zero attached hydrogens (tertiary/aromatic N) is 1. The lowest BCUT2D eigenvalue weighted by Crippen LogP contribution is -2.44. The van der Waals surface area contributed by atoms with E-state index in [1.165, 1.54) is 11.0 Å². The van der Waals surface area contributed by atoms with Crippen LogP contribution in [0.1, 0.15) is 41.5 Å². The minimum absolute atomic E-state index is 0.0442. The minimum atomic E-state index is -2.04. The van der Waals surface area contributed by atoms with Gasteiger partial charge < -0.3 is 13.9 Å². The second-order valence-corrected chi connectivity index (χ2v) is 15.1. The molecule has 0 heterocycles. The van der Waals surface area contributed by atoms with Crippen LogP contribution in [0.4, 0.5) is 10.5 Å². The van der Waals surface area contributed by atoms with E-state index in [1.54, 1.807) is 39.0 Å². The van der Waals surface area contributed by atoms with Crippen LogP contribution in [-0.4, -0.2) is 39.1 Å². The maximum atomic E-state index is 12.8. The van der Waals surface area contributed by atoms with E-state index in [0.717, 1.165) is 0 Å². The largest absolute Gasteiger partial charge is 0.543 e. The van der Waals surface area contributed by atoms with Crippen LogP contribution in [0.5, 0.6) is 5.75 Å². The molecule has 0 spiro atoms. The Labute approximate surface area is 189 Å². The molecule has 0 saturated carbocycles. The first-order chi connectivity index (χ1) is 13.6. The van der Waals surface area contributed by atoms with Gasteiger partial charge in [0.15, 0.2) is 0 Å². The molecule has 1 rings (SSSR count). The molecule has 6 nitrogen and oxygen atoms in total. The van der Waals surface area contributed by atoms with Gasteiger partial charge in [-0.3, -0.25) is 9.69 Å². The highest BCUT2D eigenvalue weighted by Gasteiger charge is 2.39. The Hall–Kier alpha value is -1.80. The number of benzene rings is 1. The van der Waals surface area contributed by atoms with Crippen LogP contribution in [0, 0.1) is 0 Å². The Morgan fingerprint density at radius 2 is 1.77 bits per heavy atom. The number of esters is 1. The maximum absolute atomic E-state index is 12.8. The number of halogens is 1. The number of carbonyl (C=O) groups excluding carboxylic acids is 2. The van der Waals surface area contributed by atoms with Crippen LogP contribution in [0.25, 0.3) is 0 Å². The zero-order valence-electron chi connectivity index (χ0n) is 19.3. The highest BCUT2D eigenvalue weighted by atomic mass is 79.9. The summed E-state index contributed by atoms with van der Waals surface area (Å²) in [6.07, 6.45) is 0.835. The number of hydrogen-bond acceptors (Lipinski definition) is 5. The summed E-state index contributed by atoms with van der Waals surface area (Å²) in [5.41, 5.74) is -0.211. The highest BCUT2D eigenvalue weighted by molar-refractivity contribution is 9.10. The maximum Gasteiger partial charge on any atom is 0.415 e. The smallest absolute Gasteiger partial charge is 0.415 e. The quantitative estimate of drug-likeness (QED) is 0.250. The molecule has 8 heteroatoms. The van der Waals surface area contributed by atoms with Crippen LogP contribution in [0.15, 0.2) is 35.3 Å². The van der Waals surface area contributed by atoms with Crippen molar-refractivity contribution in [2.24, 2.45) is 0 Å². The van der Waals surface area contributed by atoms with Crippen molar-refractivity contribution in [2.45, 2.75) is 65.3 Å². The van der Waals surface area contributed by atoms with Gasteiger partial charge in [0, 0.05) is 5.69 Å². The third-order valence-electron chi connectivity index (χ3n) is 4.66. The Balaban J connectivity index is 3.20. The van der Waals surface area contributed by atoms with Gasteiger partial charge in [-0.15, -0.1) is 0 Å². The van der Waals surface area contributed by atoms with E-state index in [9.17, 15) is 9.59 Å². The van der Waals surface area contributed by atoms with Crippen LogP contribution in [0.3, 0.4) is 0 Å².